The first-order chi connectivity index (χ1) is 10.1. The second-order valence-corrected chi connectivity index (χ2v) is 6.85. The molecule has 0 N–H and O–H groups in total. The van der Waals surface area contributed by atoms with Gasteiger partial charge < -0.3 is 4.74 Å². The maximum atomic E-state index is 12.2. The fourth-order valence-corrected chi connectivity index (χ4v) is 3.81. The van der Waals surface area contributed by atoms with Gasteiger partial charge in [0, 0.05) is 29.9 Å². The van der Waals surface area contributed by atoms with Crippen LogP contribution in [0.2, 0.25) is 0 Å². The number of thiazole rings is 1. The van der Waals surface area contributed by atoms with Crippen molar-refractivity contribution >= 4 is 38.7 Å². The van der Waals surface area contributed by atoms with Crippen LogP contribution in [0.5, 0.6) is 0 Å². The van der Waals surface area contributed by atoms with E-state index in [1.165, 1.54) is 11.3 Å². The third kappa shape index (κ3) is 3.28. The number of aryl methyl sites for hydroxylation is 1. The Morgan fingerprint density at radius 3 is 3.05 bits per heavy atom. The van der Waals surface area contributed by atoms with Crippen molar-refractivity contribution in [1.82, 2.24) is 9.97 Å². The third-order valence-electron chi connectivity index (χ3n) is 2.96. The van der Waals surface area contributed by atoms with Gasteiger partial charge in [0.1, 0.15) is 11.0 Å². The minimum Gasteiger partial charge on any atom is -0.458 e. The molecular weight excluding hydrogens is 304 g/mol. The first-order valence-corrected chi connectivity index (χ1v) is 8.27. The maximum absolute atomic E-state index is 12.2. The first kappa shape index (κ1) is 14.2. The summed E-state index contributed by atoms with van der Waals surface area (Å²) in [5.41, 5.74) is 1.01. The molecule has 0 aliphatic rings. The van der Waals surface area contributed by atoms with Crippen molar-refractivity contribution in [2.24, 2.45) is 0 Å². The number of rotatable bonds is 4. The SMILES string of the molecule is Cc1csc(CC(C)OC(=O)c2cc3ccncc3s2)n1. The highest BCUT2D eigenvalue weighted by atomic mass is 32.1. The van der Waals surface area contributed by atoms with Gasteiger partial charge in [-0.2, -0.15) is 0 Å². The molecule has 0 fully saturated rings. The summed E-state index contributed by atoms with van der Waals surface area (Å²) < 4.78 is 6.49. The van der Waals surface area contributed by atoms with E-state index in [-0.39, 0.29) is 12.1 Å². The molecule has 3 rings (SSSR count). The number of esters is 1. The summed E-state index contributed by atoms with van der Waals surface area (Å²) in [6.45, 7) is 3.85. The molecule has 0 spiro atoms. The quantitative estimate of drug-likeness (QED) is 0.686. The molecule has 1 atom stereocenters. The molecule has 3 aromatic rings. The fraction of sp³-hybridized carbons (Fsp3) is 0.267. The van der Waals surface area contributed by atoms with E-state index in [9.17, 15) is 4.79 Å². The molecule has 108 valence electrons. The number of thiophene rings is 1. The fourth-order valence-electron chi connectivity index (χ4n) is 2.01. The molecule has 0 saturated heterocycles. The highest BCUT2D eigenvalue weighted by Gasteiger charge is 2.16. The second-order valence-electron chi connectivity index (χ2n) is 4.83. The topological polar surface area (TPSA) is 52.1 Å². The average Bonchev–Trinajstić information content (AvgIpc) is 3.04. The van der Waals surface area contributed by atoms with Gasteiger partial charge in [-0.05, 0) is 31.4 Å². The molecule has 3 aromatic heterocycles. The molecule has 0 bridgehead atoms. The summed E-state index contributed by atoms with van der Waals surface area (Å²) in [7, 11) is 0. The van der Waals surface area contributed by atoms with E-state index in [2.05, 4.69) is 9.97 Å². The van der Waals surface area contributed by atoms with E-state index in [1.54, 1.807) is 23.7 Å². The Kier molecular flexibility index (Phi) is 3.98. The summed E-state index contributed by atoms with van der Waals surface area (Å²) in [4.78, 5) is 21.2. The number of aromatic nitrogens is 2. The lowest BCUT2D eigenvalue weighted by atomic mass is 10.3. The zero-order chi connectivity index (χ0) is 14.8. The van der Waals surface area contributed by atoms with Crippen molar-refractivity contribution in [2.75, 3.05) is 0 Å². The lowest BCUT2D eigenvalue weighted by Crippen LogP contribution is -2.16. The van der Waals surface area contributed by atoms with Crippen LogP contribution < -0.4 is 0 Å². The predicted molar refractivity (Wildman–Crippen MR) is 85.1 cm³/mol. The second kappa shape index (κ2) is 5.91. The Balaban J connectivity index is 1.67. The van der Waals surface area contributed by atoms with Crippen molar-refractivity contribution in [2.45, 2.75) is 26.4 Å². The molecule has 0 aliphatic carbocycles. The van der Waals surface area contributed by atoms with Gasteiger partial charge >= 0.3 is 5.97 Å². The molecular formula is C15H14N2O2S2. The molecule has 3 heterocycles. The average molecular weight is 318 g/mol. The lowest BCUT2D eigenvalue weighted by molar-refractivity contribution is 0.0349. The van der Waals surface area contributed by atoms with E-state index in [1.807, 2.05) is 31.4 Å². The summed E-state index contributed by atoms with van der Waals surface area (Å²) in [5.74, 6) is -0.281. The smallest absolute Gasteiger partial charge is 0.348 e. The predicted octanol–water partition coefficient (Wildman–Crippen LogP) is 3.85. The number of hydrogen-bond acceptors (Lipinski definition) is 6. The van der Waals surface area contributed by atoms with Crippen LogP contribution >= 0.6 is 22.7 Å². The third-order valence-corrected chi connectivity index (χ3v) is 5.02. The normalized spacial score (nSPS) is 12.5. The molecule has 0 radical (unpaired) electrons. The number of nitrogens with zero attached hydrogens (tertiary/aromatic N) is 2. The van der Waals surface area contributed by atoms with Crippen molar-refractivity contribution < 1.29 is 9.53 Å². The molecule has 1 unspecified atom stereocenters. The van der Waals surface area contributed by atoms with Crippen LogP contribution in [0.3, 0.4) is 0 Å². The van der Waals surface area contributed by atoms with Gasteiger partial charge in [-0.3, -0.25) is 4.98 Å². The van der Waals surface area contributed by atoms with Crippen molar-refractivity contribution in [3.05, 3.63) is 45.5 Å². The van der Waals surface area contributed by atoms with E-state index in [0.29, 0.717) is 11.3 Å². The number of carbonyl (C=O) groups excluding carboxylic acids is 1. The Hall–Kier alpha value is -1.79. The van der Waals surface area contributed by atoms with Crippen molar-refractivity contribution in [1.29, 1.82) is 0 Å². The van der Waals surface area contributed by atoms with E-state index < -0.39 is 0 Å². The summed E-state index contributed by atoms with van der Waals surface area (Å²) in [6.07, 6.45) is 3.94. The molecule has 0 aliphatic heterocycles. The zero-order valence-electron chi connectivity index (χ0n) is 11.7. The highest BCUT2D eigenvalue weighted by Crippen LogP contribution is 2.25. The standard InChI is InChI=1S/C15H14N2O2S2/c1-9-8-20-14(17-9)5-10(2)19-15(18)12-6-11-3-4-16-7-13(11)21-12/h3-4,6-8,10H,5H2,1-2H3. The summed E-state index contributed by atoms with van der Waals surface area (Å²) in [6, 6.07) is 3.74. The molecule has 0 aromatic carbocycles. The number of ether oxygens (including phenoxy) is 1. The van der Waals surface area contributed by atoms with Crippen LogP contribution in [0.15, 0.2) is 29.9 Å². The number of carbonyl (C=O) groups is 1. The molecule has 21 heavy (non-hydrogen) atoms. The molecule has 4 nitrogen and oxygen atoms in total. The van der Waals surface area contributed by atoms with Gasteiger partial charge in [0.05, 0.1) is 9.71 Å². The first-order valence-electron chi connectivity index (χ1n) is 6.57. The number of hydrogen-bond donors (Lipinski definition) is 0. The minimum absolute atomic E-state index is 0.189. The van der Waals surface area contributed by atoms with Crippen LogP contribution in [0.1, 0.15) is 27.3 Å². The van der Waals surface area contributed by atoms with E-state index in [0.717, 1.165) is 20.8 Å². The molecule has 6 heteroatoms. The summed E-state index contributed by atoms with van der Waals surface area (Å²) >= 11 is 3.00. The van der Waals surface area contributed by atoms with E-state index in [4.69, 9.17) is 4.74 Å². The maximum Gasteiger partial charge on any atom is 0.348 e. The van der Waals surface area contributed by atoms with Gasteiger partial charge in [-0.25, -0.2) is 9.78 Å². The monoisotopic (exact) mass is 318 g/mol. The van der Waals surface area contributed by atoms with Crippen LogP contribution in [0, 0.1) is 6.92 Å². The van der Waals surface area contributed by atoms with Crippen LogP contribution in [0.25, 0.3) is 10.1 Å². The van der Waals surface area contributed by atoms with Crippen LogP contribution in [-0.4, -0.2) is 22.0 Å². The highest BCUT2D eigenvalue weighted by molar-refractivity contribution is 7.20. The Morgan fingerprint density at radius 1 is 1.48 bits per heavy atom. The van der Waals surface area contributed by atoms with Crippen LogP contribution in [-0.2, 0) is 11.2 Å². The number of pyridine rings is 1. The van der Waals surface area contributed by atoms with Crippen LogP contribution in [0.4, 0.5) is 0 Å². The Labute approximate surface area is 130 Å². The summed E-state index contributed by atoms with van der Waals surface area (Å²) in [5, 5.41) is 4.02. The Bertz CT molecular complexity index is 746. The van der Waals surface area contributed by atoms with Gasteiger partial charge in [-0.1, -0.05) is 0 Å². The molecule has 0 amide bonds. The Morgan fingerprint density at radius 2 is 2.33 bits per heavy atom. The van der Waals surface area contributed by atoms with Gasteiger partial charge in [0.15, 0.2) is 0 Å². The van der Waals surface area contributed by atoms with Gasteiger partial charge in [0.25, 0.3) is 0 Å². The van der Waals surface area contributed by atoms with E-state index >= 15 is 0 Å². The van der Waals surface area contributed by atoms with Gasteiger partial charge in [-0.15, -0.1) is 22.7 Å². The van der Waals surface area contributed by atoms with Crippen molar-refractivity contribution in [3.63, 3.8) is 0 Å². The minimum atomic E-state index is -0.281. The molecule has 0 saturated carbocycles. The largest absolute Gasteiger partial charge is 0.458 e. The zero-order valence-corrected chi connectivity index (χ0v) is 13.3. The van der Waals surface area contributed by atoms with Gasteiger partial charge in [0.2, 0.25) is 0 Å². The lowest BCUT2D eigenvalue weighted by Gasteiger charge is -2.10. The van der Waals surface area contributed by atoms with Crippen molar-refractivity contribution in [3.8, 4) is 0 Å². The number of fused-ring (bicyclic) bond motifs is 1.